The molecule has 0 saturated carbocycles. The van der Waals surface area contributed by atoms with Crippen molar-refractivity contribution in [2.45, 2.75) is 0 Å². The molecule has 0 radical (unpaired) electrons. The molecule has 1 heterocycles. The van der Waals surface area contributed by atoms with Gasteiger partial charge in [-0.3, -0.25) is 14.9 Å². The van der Waals surface area contributed by atoms with Crippen molar-refractivity contribution in [2.24, 2.45) is 0 Å². The third-order valence-corrected chi connectivity index (χ3v) is 3.76. The number of fused-ring (bicyclic) bond motifs is 1. The number of ether oxygens (including phenoxy) is 1. The first-order chi connectivity index (χ1) is 11.7. The van der Waals surface area contributed by atoms with Gasteiger partial charge in [-0.05, 0) is 23.8 Å². The number of nitrogens with zero attached hydrogens (tertiary/aromatic N) is 1. The molecule has 0 fully saturated rings. The summed E-state index contributed by atoms with van der Waals surface area (Å²) in [7, 11) is -3.70. The van der Waals surface area contributed by atoms with E-state index in [0.29, 0.717) is 5.56 Å². The van der Waals surface area contributed by atoms with Gasteiger partial charge in [0.15, 0.2) is 5.76 Å². The molecule has 25 heavy (non-hydrogen) atoms. The number of Topliss-reactive ketones (excluding diaryl/α,β-unsaturated/α-hetero) is 1. The number of rotatable bonds is 4. The molecule has 2 aromatic carbocycles. The largest absolute Gasteiger partial charge is 0.452 e. The van der Waals surface area contributed by atoms with Gasteiger partial charge in [-0.25, -0.2) is 0 Å². The van der Waals surface area contributed by atoms with Gasteiger partial charge in [-0.2, -0.15) is 8.42 Å². The normalized spacial score (nSPS) is 14.9. The van der Waals surface area contributed by atoms with Crippen LogP contribution in [0.15, 0.2) is 48.2 Å². The van der Waals surface area contributed by atoms with E-state index in [1.165, 1.54) is 42.5 Å². The minimum absolute atomic E-state index is 0.0191. The lowest BCUT2D eigenvalue weighted by Crippen LogP contribution is -2.05. The quantitative estimate of drug-likeness (QED) is 0.356. The molecule has 0 N–H and O–H groups in total. The zero-order valence-electron chi connectivity index (χ0n) is 12.8. The highest BCUT2D eigenvalue weighted by Gasteiger charge is 2.28. The number of allylic oxidation sites excluding steroid dienone is 1. The third-order valence-electron chi connectivity index (χ3n) is 3.27. The molecule has 0 spiro atoms. The molecule has 9 heteroatoms. The van der Waals surface area contributed by atoms with E-state index in [0.717, 1.165) is 6.26 Å². The fourth-order valence-corrected chi connectivity index (χ4v) is 2.73. The molecule has 1 aliphatic rings. The summed E-state index contributed by atoms with van der Waals surface area (Å²) in [6.07, 6.45) is 2.28. The lowest BCUT2D eigenvalue weighted by atomic mass is 10.1. The number of nitro benzene ring substituents is 1. The van der Waals surface area contributed by atoms with E-state index in [1.54, 1.807) is 6.07 Å². The fourth-order valence-electron chi connectivity index (χ4n) is 2.27. The predicted octanol–water partition coefficient (Wildman–Crippen LogP) is 2.55. The average Bonchev–Trinajstić information content (AvgIpc) is 2.81. The summed E-state index contributed by atoms with van der Waals surface area (Å²) in [5.74, 6) is -0.257. The fraction of sp³-hybridized carbons (Fsp3) is 0.0625. The van der Waals surface area contributed by atoms with Gasteiger partial charge in [0.25, 0.3) is 5.69 Å². The molecule has 0 saturated heterocycles. The van der Waals surface area contributed by atoms with Crippen LogP contribution in [0.3, 0.4) is 0 Å². The lowest BCUT2D eigenvalue weighted by molar-refractivity contribution is -0.384. The van der Waals surface area contributed by atoms with Gasteiger partial charge in [0, 0.05) is 18.2 Å². The first kappa shape index (κ1) is 16.7. The second kappa shape index (κ2) is 6.02. The van der Waals surface area contributed by atoms with Crippen LogP contribution in [0.5, 0.6) is 11.5 Å². The van der Waals surface area contributed by atoms with Gasteiger partial charge in [-0.15, -0.1) is 0 Å². The molecule has 8 nitrogen and oxygen atoms in total. The third kappa shape index (κ3) is 3.66. The minimum atomic E-state index is -3.70. The summed E-state index contributed by atoms with van der Waals surface area (Å²) in [6.45, 7) is 0. The van der Waals surface area contributed by atoms with E-state index in [-0.39, 0.29) is 28.5 Å². The number of hydrogen-bond donors (Lipinski definition) is 0. The molecule has 0 unspecified atom stereocenters. The summed E-state index contributed by atoms with van der Waals surface area (Å²) in [5, 5.41) is 10.8. The van der Waals surface area contributed by atoms with Gasteiger partial charge in [-0.1, -0.05) is 12.1 Å². The Morgan fingerprint density at radius 1 is 1.20 bits per heavy atom. The number of hydrogen-bond acceptors (Lipinski definition) is 7. The van der Waals surface area contributed by atoms with E-state index >= 15 is 0 Å². The Kier molecular flexibility index (Phi) is 4.01. The van der Waals surface area contributed by atoms with E-state index in [4.69, 9.17) is 8.92 Å². The van der Waals surface area contributed by atoms with Gasteiger partial charge in [0.2, 0.25) is 5.78 Å². The smallest absolute Gasteiger partial charge is 0.306 e. The monoisotopic (exact) mass is 361 g/mol. The van der Waals surface area contributed by atoms with Crippen molar-refractivity contribution in [1.29, 1.82) is 0 Å². The zero-order chi connectivity index (χ0) is 18.2. The van der Waals surface area contributed by atoms with Crippen LogP contribution < -0.4 is 8.92 Å². The van der Waals surface area contributed by atoms with Crippen LogP contribution >= 0.6 is 0 Å². The Morgan fingerprint density at radius 3 is 2.64 bits per heavy atom. The maximum Gasteiger partial charge on any atom is 0.306 e. The second-order valence-electron chi connectivity index (χ2n) is 5.24. The predicted molar refractivity (Wildman–Crippen MR) is 87.9 cm³/mol. The number of nitro groups is 1. The maximum atomic E-state index is 12.3. The van der Waals surface area contributed by atoms with Gasteiger partial charge < -0.3 is 8.92 Å². The molecule has 0 amide bonds. The van der Waals surface area contributed by atoms with Crippen molar-refractivity contribution in [1.82, 2.24) is 0 Å². The van der Waals surface area contributed by atoms with Gasteiger partial charge >= 0.3 is 10.1 Å². The lowest BCUT2D eigenvalue weighted by Gasteiger charge is -2.03. The molecular formula is C16H11NO7S. The van der Waals surface area contributed by atoms with Crippen LogP contribution in [-0.2, 0) is 10.1 Å². The summed E-state index contributed by atoms with van der Waals surface area (Å²) in [6, 6.07) is 9.77. The van der Waals surface area contributed by atoms with Gasteiger partial charge in [0.05, 0.1) is 16.7 Å². The van der Waals surface area contributed by atoms with Crippen LogP contribution in [-0.4, -0.2) is 25.4 Å². The highest BCUT2D eigenvalue weighted by Crippen LogP contribution is 2.35. The number of non-ortho nitro benzene ring substituents is 1. The standard InChI is InChI=1S/C16H11NO7S/c1-25(21,22)24-12-5-6-13-14(9-12)23-15(16(13)18)8-10-3-2-4-11(7-10)17(19)20/h2-9H,1H3/b15-8+. The molecule has 0 aliphatic carbocycles. The summed E-state index contributed by atoms with van der Waals surface area (Å²) in [5.41, 5.74) is 0.566. The van der Waals surface area contributed by atoms with Gasteiger partial charge in [0.1, 0.15) is 11.5 Å². The minimum Gasteiger partial charge on any atom is -0.452 e. The van der Waals surface area contributed by atoms with Crippen LogP contribution in [0.2, 0.25) is 0 Å². The highest BCUT2D eigenvalue weighted by molar-refractivity contribution is 7.86. The number of ketones is 1. The van der Waals surface area contributed by atoms with E-state index in [1.807, 2.05) is 0 Å². The average molecular weight is 361 g/mol. The van der Waals surface area contributed by atoms with Crippen molar-refractivity contribution >= 4 is 27.7 Å². The molecule has 0 atom stereocenters. The Morgan fingerprint density at radius 2 is 1.96 bits per heavy atom. The summed E-state index contributed by atoms with van der Waals surface area (Å²) < 4.78 is 32.5. The van der Waals surface area contributed by atoms with Crippen molar-refractivity contribution in [2.75, 3.05) is 6.26 Å². The molecular weight excluding hydrogens is 350 g/mol. The van der Waals surface area contributed by atoms with Crippen LogP contribution in [0.1, 0.15) is 15.9 Å². The van der Waals surface area contributed by atoms with Crippen molar-refractivity contribution in [3.05, 3.63) is 69.5 Å². The van der Waals surface area contributed by atoms with Crippen LogP contribution in [0.4, 0.5) is 5.69 Å². The number of carbonyl (C=O) groups excluding carboxylic acids is 1. The molecule has 128 valence electrons. The number of benzene rings is 2. The molecule has 3 rings (SSSR count). The topological polar surface area (TPSA) is 113 Å². The van der Waals surface area contributed by atoms with Crippen molar-refractivity contribution < 1.29 is 27.1 Å². The molecule has 0 bridgehead atoms. The first-order valence-electron chi connectivity index (χ1n) is 6.95. The maximum absolute atomic E-state index is 12.3. The Hall–Kier alpha value is -3.20. The summed E-state index contributed by atoms with van der Waals surface area (Å²) >= 11 is 0. The number of carbonyl (C=O) groups is 1. The second-order valence-corrected chi connectivity index (χ2v) is 6.81. The molecule has 1 aliphatic heterocycles. The zero-order valence-corrected chi connectivity index (χ0v) is 13.6. The molecule has 2 aromatic rings. The highest BCUT2D eigenvalue weighted by atomic mass is 32.2. The van der Waals surface area contributed by atoms with Crippen LogP contribution in [0, 0.1) is 10.1 Å². The Labute approximate surface area is 142 Å². The van der Waals surface area contributed by atoms with Crippen molar-refractivity contribution in [3.63, 3.8) is 0 Å². The first-order valence-corrected chi connectivity index (χ1v) is 8.77. The SMILES string of the molecule is CS(=O)(=O)Oc1ccc2c(c1)O/C(=C/c1cccc([N+](=O)[O-])c1)C2=O. The van der Waals surface area contributed by atoms with E-state index in [2.05, 4.69) is 0 Å². The van der Waals surface area contributed by atoms with Crippen molar-refractivity contribution in [3.8, 4) is 11.5 Å². The Bertz CT molecular complexity index is 1020. The van der Waals surface area contributed by atoms with E-state index < -0.39 is 20.8 Å². The van der Waals surface area contributed by atoms with Crippen LogP contribution in [0.25, 0.3) is 6.08 Å². The van der Waals surface area contributed by atoms with E-state index in [9.17, 15) is 23.3 Å². The summed E-state index contributed by atoms with van der Waals surface area (Å²) in [4.78, 5) is 22.6. The Balaban J connectivity index is 1.92. The molecule has 0 aromatic heterocycles.